The van der Waals surface area contributed by atoms with Gasteiger partial charge in [-0.05, 0) is 28.8 Å². The van der Waals surface area contributed by atoms with E-state index >= 15 is 0 Å². The molecular formula is C19H18N2O4S. The van der Waals surface area contributed by atoms with E-state index in [1.807, 2.05) is 42.5 Å². The molecular weight excluding hydrogens is 352 g/mol. The molecule has 6 nitrogen and oxygen atoms in total. The Morgan fingerprint density at radius 1 is 1.04 bits per heavy atom. The van der Waals surface area contributed by atoms with Crippen molar-refractivity contribution in [3.63, 3.8) is 0 Å². The van der Waals surface area contributed by atoms with E-state index in [0.717, 1.165) is 22.4 Å². The second-order valence-electron chi connectivity index (χ2n) is 6.11. The van der Waals surface area contributed by atoms with E-state index in [0.29, 0.717) is 5.56 Å². The van der Waals surface area contributed by atoms with Gasteiger partial charge < -0.3 is 0 Å². The van der Waals surface area contributed by atoms with Crippen LogP contribution < -0.4 is 0 Å². The minimum absolute atomic E-state index is 0.0468. The number of fused-ring (bicyclic) bond motifs is 1. The Morgan fingerprint density at radius 3 is 2.46 bits per heavy atom. The SMILES string of the molecule is Cc1ccc([N+](=O)[O-])cc1S(=O)(=O)N(C)Cc1cccc2ccccc12. The molecule has 0 spiro atoms. The Morgan fingerprint density at radius 2 is 1.73 bits per heavy atom. The molecule has 0 atom stereocenters. The first-order valence-corrected chi connectivity index (χ1v) is 9.43. The number of benzene rings is 3. The van der Waals surface area contributed by atoms with Gasteiger partial charge in [0.2, 0.25) is 10.0 Å². The Kier molecular flexibility index (Phi) is 4.76. The van der Waals surface area contributed by atoms with Crippen molar-refractivity contribution in [1.82, 2.24) is 4.31 Å². The second-order valence-corrected chi connectivity index (χ2v) is 8.12. The number of rotatable bonds is 5. The lowest BCUT2D eigenvalue weighted by molar-refractivity contribution is -0.385. The van der Waals surface area contributed by atoms with Crippen LogP contribution in [0, 0.1) is 17.0 Å². The standard InChI is InChI=1S/C19H18N2O4S/c1-14-10-11-17(21(22)23)12-19(14)26(24,25)20(2)13-16-8-5-7-15-6-3-4-9-18(15)16/h3-12H,13H2,1-2H3. The van der Waals surface area contributed by atoms with Gasteiger partial charge >= 0.3 is 0 Å². The van der Waals surface area contributed by atoms with Crippen LogP contribution in [-0.4, -0.2) is 24.7 Å². The van der Waals surface area contributed by atoms with Crippen LogP contribution in [0.3, 0.4) is 0 Å². The Labute approximate surface area is 151 Å². The Hall–Kier alpha value is -2.77. The molecule has 0 bridgehead atoms. The van der Waals surface area contributed by atoms with Gasteiger partial charge in [0, 0.05) is 25.7 Å². The number of nitro groups is 1. The fraction of sp³-hybridized carbons (Fsp3) is 0.158. The van der Waals surface area contributed by atoms with Crippen molar-refractivity contribution in [2.75, 3.05) is 7.05 Å². The maximum absolute atomic E-state index is 13.0. The van der Waals surface area contributed by atoms with Crippen molar-refractivity contribution in [2.24, 2.45) is 0 Å². The first-order chi connectivity index (χ1) is 12.3. The van der Waals surface area contributed by atoms with E-state index in [4.69, 9.17) is 0 Å². The van der Waals surface area contributed by atoms with Crippen LogP contribution in [0.5, 0.6) is 0 Å². The molecule has 0 radical (unpaired) electrons. The summed E-state index contributed by atoms with van der Waals surface area (Å²) in [5.74, 6) is 0. The van der Waals surface area contributed by atoms with E-state index in [9.17, 15) is 18.5 Å². The van der Waals surface area contributed by atoms with Gasteiger partial charge in [0.15, 0.2) is 0 Å². The van der Waals surface area contributed by atoms with Crippen molar-refractivity contribution in [3.8, 4) is 0 Å². The number of nitrogens with zero attached hydrogens (tertiary/aromatic N) is 2. The molecule has 3 rings (SSSR count). The third kappa shape index (κ3) is 3.31. The van der Waals surface area contributed by atoms with Crippen LogP contribution in [-0.2, 0) is 16.6 Å². The molecule has 0 fully saturated rings. The van der Waals surface area contributed by atoms with Gasteiger partial charge in [-0.1, -0.05) is 48.5 Å². The molecule has 0 unspecified atom stereocenters. The van der Waals surface area contributed by atoms with E-state index < -0.39 is 14.9 Å². The molecule has 0 saturated heterocycles. The number of nitro benzene ring substituents is 1. The first kappa shape index (κ1) is 18.0. The van der Waals surface area contributed by atoms with Crippen LogP contribution in [0.15, 0.2) is 65.6 Å². The fourth-order valence-electron chi connectivity index (χ4n) is 2.90. The van der Waals surface area contributed by atoms with Crippen molar-refractivity contribution >= 4 is 26.5 Å². The summed E-state index contributed by atoms with van der Waals surface area (Å²) in [5, 5.41) is 13.0. The number of aryl methyl sites for hydroxylation is 1. The van der Waals surface area contributed by atoms with Crippen LogP contribution in [0.2, 0.25) is 0 Å². The highest BCUT2D eigenvalue weighted by Crippen LogP contribution is 2.26. The minimum Gasteiger partial charge on any atom is -0.258 e. The van der Waals surface area contributed by atoms with Gasteiger partial charge in [-0.25, -0.2) is 8.42 Å². The van der Waals surface area contributed by atoms with Gasteiger partial charge in [-0.15, -0.1) is 0 Å². The summed E-state index contributed by atoms with van der Waals surface area (Å²) >= 11 is 0. The molecule has 26 heavy (non-hydrogen) atoms. The third-order valence-electron chi connectivity index (χ3n) is 4.34. The van der Waals surface area contributed by atoms with Crippen LogP contribution in [0.25, 0.3) is 10.8 Å². The molecule has 0 N–H and O–H groups in total. The molecule has 7 heteroatoms. The van der Waals surface area contributed by atoms with E-state index in [2.05, 4.69) is 0 Å². The predicted octanol–water partition coefficient (Wildman–Crippen LogP) is 3.88. The monoisotopic (exact) mass is 370 g/mol. The maximum atomic E-state index is 13.0. The Bertz CT molecular complexity index is 1090. The topological polar surface area (TPSA) is 80.5 Å². The number of sulfonamides is 1. The van der Waals surface area contributed by atoms with Crippen molar-refractivity contribution in [3.05, 3.63) is 81.9 Å². The van der Waals surface area contributed by atoms with Crippen LogP contribution in [0.1, 0.15) is 11.1 Å². The van der Waals surface area contributed by atoms with E-state index in [1.165, 1.54) is 23.5 Å². The molecule has 0 aliphatic rings. The third-order valence-corrected chi connectivity index (χ3v) is 6.29. The zero-order valence-electron chi connectivity index (χ0n) is 14.4. The summed E-state index contributed by atoms with van der Waals surface area (Å²) in [4.78, 5) is 10.4. The lowest BCUT2D eigenvalue weighted by Crippen LogP contribution is -2.27. The van der Waals surface area contributed by atoms with Crippen LogP contribution >= 0.6 is 0 Å². The summed E-state index contributed by atoms with van der Waals surface area (Å²) in [6, 6.07) is 17.4. The van der Waals surface area contributed by atoms with Gasteiger partial charge in [0.1, 0.15) is 0 Å². The summed E-state index contributed by atoms with van der Waals surface area (Å²) < 4.78 is 27.2. The zero-order valence-corrected chi connectivity index (χ0v) is 15.2. The maximum Gasteiger partial charge on any atom is 0.270 e. The molecule has 3 aromatic rings. The van der Waals surface area contributed by atoms with Gasteiger partial charge in [-0.3, -0.25) is 10.1 Å². The second kappa shape index (κ2) is 6.86. The molecule has 0 saturated carbocycles. The smallest absolute Gasteiger partial charge is 0.258 e. The van der Waals surface area contributed by atoms with Gasteiger partial charge in [0.05, 0.1) is 9.82 Å². The molecule has 0 aromatic heterocycles. The number of hydrogen-bond donors (Lipinski definition) is 0. The van der Waals surface area contributed by atoms with Crippen molar-refractivity contribution < 1.29 is 13.3 Å². The van der Waals surface area contributed by atoms with Crippen molar-refractivity contribution in [2.45, 2.75) is 18.4 Å². The quantitative estimate of drug-likeness (QED) is 0.504. The fourth-order valence-corrected chi connectivity index (χ4v) is 4.29. The molecule has 0 aliphatic heterocycles. The summed E-state index contributed by atoms with van der Waals surface area (Å²) in [5.41, 5.74) is 1.10. The molecule has 0 aliphatic carbocycles. The largest absolute Gasteiger partial charge is 0.270 e. The summed E-state index contributed by atoms with van der Waals surface area (Å²) in [6.07, 6.45) is 0. The van der Waals surface area contributed by atoms with E-state index in [-0.39, 0.29) is 17.1 Å². The predicted molar refractivity (Wildman–Crippen MR) is 100 cm³/mol. The van der Waals surface area contributed by atoms with E-state index in [1.54, 1.807) is 6.92 Å². The summed E-state index contributed by atoms with van der Waals surface area (Å²) in [7, 11) is -2.38. The van der Waals surface area contributed by atoms with Gasteiger partial charge in [0.25, 0.3) is 5.69 Å². The number of hydrogen-bond acceptors (Lipinski definition) is 4. The average Bonchev–Trinajstić information content (AvgIpc) is 2.62. The number of non-ortho nitro benzene ring substituents is 1. The highest BCUT2D eigenvalue weighted by Gasteiger charge is 2.25. The Balaban J connectivity index is 2.00. The normalized spacial score (nSPS) is 11.8. The lowest BCUT2D eigenvalue weighted by Gasteiger charge is -2.19. The lowest BCUT2D eigenvalue weighted by atomic mass is 10.0. The average molecular weight is 370 g/mol. The minimum atomic E-state index is -3.86. The molecule has 3 aromatic carbocycles. The molecule has 134 valence electrons. The zero-order chi connectivity index (χ0) is 18.9. The molecule has 0 amide bonds. The van der Waals surface area contributed by atoms with Crippen LogP contribution in [0.4, 0.5) is 5.69 Å². The first-order valence-electron chi connectivity index (χ1n) is 7.99. The summed E-state index contributed by atoms with van der Waals surface area (Å²) in [6.45, 7) is 1.80. The molecule has 0 heterocycles. The van der Waals surface area contributed by atoms with Gasteiger partial charge in [-0.2, -0.15) is 4.31 Å². The highest BCUT2D eigenvalue weighted by molar-refractivity contribution is 7.89. The van der Waals surface area contributed by atoms with Crippen molar-refractivity contribution in [1.29, 1.82) is 0 Å². The highest BCUT2D eigenvalue weighted by atomic mass is 32.2.